The molecule has 0 saturated carbocycles. The number of benzene rings is 1. The number of fused-ring (bicyclic) bond motifs is 1. The van der Waals surface area contributed by atoms with E-state index in [2.05, 4.69) is 63.3 Å². The Morgan fingerprint density at radius 2 is 2.10 bits per heavy atom. The Morgan fingerprint density at radius 3 is 2.81 bits per heavy atom. The van der Waals surface area contributed by atoms with Crippen LogP contribution in [0.25, 0.3) is 0 Å². The lowest BCUT2D eigenvalue weighted by atomic mass is 10.00. The van der Waals surface area contributed by atoms with E-state index in [9.17, 15) is 0 Å². The summed E-state index contributed by atoms with van der Waals surface area (Å²) in [6, 6.07) is 11.4. The van der Waals surface area contributed by atoms with E-state index in [0.29, 0.717) is 6.04 Å². The van der Waals surface area contributed by atoms with Crippen LogP contribution in [-0.2, 0) is 13.0 Å². The van der Waals surface area contributed by atoms with Crippen molar-refractivity contribution < 1.29 is 4.74 Å². The van der Waals surface area contributed by atoms with Gasteiger partial charge in [0.05, 0.1) is 0 Å². The highest BCUT2D eigenvalue weighted by atomic mass is 32.1. The molecule has 2 heterocycles. The smallest absolute Gasteiger partial charge is 0.123 e. The quantitative estimate of drug-likeness (QED) is 0.889. The fraction of sp³-hybridized carbons (Fsp3) is 0.444. The molecule has 3 heteroatoms. The van der Waals surface area contributed by atoms with Crippen molar-refractivity contribution in [2.45, 2.75) is 52.3 Å². The van der Waals surface area contributed by atoms with Gasteiger partial charge in [0, 0.05) is 28.8 Å². The maximum absolute atomic E-state index is 5.93. The van der Waals surface area contributed by atoms with Gasteiger partial charge < -0.3 is 10.1 Å². The number of nitrogens with one attached hydrogen (secondary N) is 1. The van der Waals surface area contributed by atoms with Crippen LogP contribution in [0.5, 0.6) is 5.75 Å². The highest BCUT2D eigenvalue weighted by Gasteiger charge is 2.29. The molecule has 0 aliphatic carbocycles. The zero-order chi connectivity index (χ0) is 15.0. The van der Waals surface area contributed by atoms with Crippen LogP contribution in [0.4, 0.5) is 0 Å². The number of ether oxygens (including phenoxy) is 1. The Bertz CT molecular complexity index is 644. The molecule has 112 valence electrons. The Labute approximate surface area is 131 Å². The first-order chi connectivity index (χ1) is 9.93. The van der Waals surface area contributed by atoms with Crippen LogP contribution in [0.3, 0.4) is 0 Å². The molecule has 2 nitrogen and oxygen atoms in total. The number of aryl methyl sites for hydroxylation is 1. The molecular weight excluding hydrogens is 278 g/mol. The topological polar surface area (TPSA) is 21.3 Å². The second-order valence-electron chi connectivity index (χ2n) is 6.53. The average Bonchev–Trinajstić information content (AvgIpc) is 2.97. The summed E-state index contributed by atoms with van der Waals surface area (Å²) >= 11 is 1.87. The van der Waals surface area contributed by atoms with Gasteiger partial charge in [0.25, 0.3) is 0 Å². The number of rotatable bonds is 4. The third-order valence-corrected chi connectivity index (χ3v) is 5.11. The third-order valence-electron chi connectivity index (χ3n) is 3.93. The second-order valence-corrected chi connectivity index (χ2v) is 7.85. The Kier molecular flexibility index (Phi) is 3.80. The van der Waals surface area contributed by atoms with Gasteiger partial charge in [-0.2, -0.15) is 0 Å². The van der Waals surface area contributed by atoms with Crippen LogP contribution in [0.1, 0.15) is 47.7 Å². The summed E-state index contributed by atoms with van der Waals surface area (Å²) in [5.41, 5.74) is 2.60. The lowest BCUT2D eigenvalue weighted by molar-refractivity contribution is 0.138. The van der Waals surface area contributed by atoms with E-state index in [0.717, 1.165) is 18.7 Å². The summed E-state index contributed by atoms with van der Waals surface area (Å²) in [5, 5.41) is 3.61. The zero-order valence-corrected chi connectivity index (χ0v) is 14.0. The van der Waals surface area contributed by atoms with Gasteiger partial charge >= 0.3 is 0 Å². The minimum Gasteiger partial charge on any atom is -0.487 e. The molecule has 1 aromatic heterocycles. The summed E-state index contributed by atoms with van der Waals surface area (Å²) < 4.78 is 5.93. The van der Waals surface area contributed by atoms with E-state index in [1.165, 1.54) is 20.9 Å². The van der Waals surface area contributed by atoms with Crippen LogP contribution in [-0.4, -0.2) is 5.60 Å². The fourth-order valence-corrected chi connectivity index (χ4v) is 3.73. The van der Waals surface area contributed by atoms with Crippen LogP contribution >= 0.6 is 11.3 Å². The van der Waals surface area contributed by atoms with E-state index < -0.39 is 0 Å². The predicted octanol–water partition coefficient (Wildman–Crippen LogP) is 4.62. The van der Waals surface area contributed by atoms with E-state index >= 15 is 0 Å². The van der Waals surface area contributed by atoms with Gasteiger partial charge in [0.2, 0.25) is 0 Å². The Hall–Kier alpha value is -1.32. The molecule has 0 saturated heterocycles. The average molecular weight is 301 g/mol. The number of hydrogen-bond donors (Lipinski definition) is 1. The van der Waals surface area contributed by atoms with Crippen molar-refractivity contribution in [2.24, 2.45) is 0 Å². The van der Waals surface area contributed by atoms with E-state index in [4.69, 9.17) is 4.74 Å². The maximum atomic E-state index is 5.93. The summed E-state index contributed by atoms with van der Waals surface area (Å²) in [5.74, 6) is 1.05. The molecule has 1 unspecified atom stereocenters. The third kappa shape index (κ3) is 3.30. The molecule has 2 aromatic rings. The van der Waals surface area contributed by atoms with Crippen LogP contribution in [0, 0.1) is 6.92 Å². The standard InChI is InChI=1S/C18H23NOS/c1-12-5-8-17(21-12)13(2)19-11-14-6-7-16-15(9-14)10-18(3,4)20-16/h5-9,13,19H,10-11H2,1-4H3. The summed E-state index contributed by atoms with van der Waals surface area (Å²) in [7, 11) is 0. The molecule has 0 fully saturated rings. The predicted molar refractivity (Wildman–Crippen MR) is 89.2 cm³/mol. The molecule has 0 bridgehead atoms. The van der Waals surface area contributed by atoms with Gasteiger partial charge in [-0.25, -0.2) is 0 Å². The van der Waals surface area contributed by atoms with Crippen molar-refractivity contribution in [1.82, 2.24) is 5.32 Å². The SMILES string of the molecule is Cc1ccc(C(C)NCc2ccc3c(c2)CC(C)(C)O3)s1. The van der Waals surface area contributed by atoms with E-state index in [-0.39, 0.29) is 5.60 Å². The molecule has 1 atom stereocenters. The largest absolute Gasteiger partial charge is 0.487 e. The fourth-order valence-electron chi connectivity index (χ4n) is 2.83. The second kappa shape index (κ2) is 5.47. The summed E-state index contributed by atoms with van der Waals surface area (Å²) in [6.45, 7) is 9.57. The number of hydrogen-bond acceptors (Lipinski definition) is 3. The molecular formula is C18H23NOS. The van der Waals surface area contributed by atoms with E-state index in [1.54, 1.807) is 0 Å². The molecule has 1 N–H and O–H groups in total. The molecule has 0 spiro atoms. The first kappa shape index (κ1) is 14.6. The molecule has 1 aliphatic heterocycles. The monoisotopic (exact) mass is 301 g/mol. The van der Waals surface area contributed by atoms with Crippen LogP contribution in [0.15, 0.2) is 30.3 Å². The van der Waals surface area contributed by atoms with Crippen molar-refractivity contribution in [2.75, 3.05) is 0 Å². The molecule has 3 rings (SSSR count). The van der Waals surface area contributed by atoms with Crippen molar-refractivity contribution in [3.63, 3.8) is 0 Å². The lowest BCUT2D eigenvalue weighted by Crippen LogP contribution is -2.24. The normalized spacial score (nSPS) is 17.3. The van der Waals surface area contributed by atoms with Gasteiger partial charge in [-0.3, -0.25) is 0 Å². The van der Waals surface area contributed by atoms with Gasteiger partial charge in [-0.15, -0.1) is 11.3 Å². The summed E-state index contributed by atoms with van der Waals surface area (Å²) in [6.07, 6.45) is 0.996. The van der Waals surface area contributed by atoms with Crippen molar-refractivity contribution >= 4 is 11.3 Å². The highest BCUT2D eigenvalue weighted by molar-refractivity contribution is 7.12. The molecule has 1 aromatic carbocycles. The van der Waals surface area contributed by atoms with Gasteiger partial charge in [0.15, 0.2) is 0 Å². The van der Waals surface area contributed by atoms with Crippen molar-refractivity contribution in [3.8, 4) is 5.75 Å². The van der Waals surface area contributed by atoms with Crippen LogP contribution in [0.2, 0.25) is 0 Å². The first-order valence-corrected chi connectivity index (χ1v) is 8.35. The molecule has 1 aliphatic rings. The van der Waals surface area contributed by atoms with E-state index in [1.807, 2.05) is 11.3 Å². The lowest BCUT2D eigenvalue weighted by Gasteiger charge is -2.16. The van der Waals surface area contributed by atoms with Gasteiger partial charge in [-0.05, 0) is 57.0 Å². The van der Waals surface area contributed by atoms with Gasteiger partial charge in [0.1, 0.15) is 11.4 Å². The zero-order valence-electron chi connectivity index (χ0n) is 13.2. The number of thiophene rings is 1. The highest BCUT2D eigenvalue weighted by Crippen LogP contribution is 2.35. The van der Waals surface area contributed by atoms with Gasteiger partial charge in [-0.1, -0.05) is 12.1 Å². The molecule has 0 radical (unpaired) electrons. The Morgan fingerprint density at radius 1 is 1.29 bits per heavy atom. The summed E-state index contributed by atoms with van der Waals surface area (Å²) in [4.78, 5) is 2.77. The molecule has 21 heavy (non-hydrogen) atoms. The van der Waals surface area contributed by atoms with Crippen LogP contribution < -0.4 is 10.1 Å². The van der Waals surface area contributed by atoms with Crippen molar-refractivity contribution in [1.29, 1.82) is 0 Å². The minimum absolute atomic E-state index is 0.0594. The molecule has 0 amide bonds. The maximum Gasteiger partial charge on any atom is 0.123 e. The minimum atomic E-state index is -0.0594. The first-order valence-electron chi connectivity index (χ1n) is 7.53. The van der Waals surface area contributed by atoms with Crippen molar-refractivity contribution in [3.05, 3.63) is 51.2 Å². The Balaban J connectivity index is 1.64.